The Hall–Kier alpha value is -0.750. The van der Waals surface area contributed by atoms with Crippen LogP contribution in [0.5, 0.6) is 5.75 Å². The van der Waals surface area contributed by atoms with Crippen molar-refractivity contribution < 1.29 is 19.8 Å². The van der Waals surface area contributed by atoms with E-state index in [0.717, 1.165) is 0 Å². The van der Waals surface area contributed by atoms with E-state index < -0.39 is 5.44 Å². The molecule has 12 heavy (non-hydrogen) atoms. The normalized spacial score (nSPS) is 12.8. The third-order valence-corrected chi connectivity index (χ3v) is 1.86. The van der Waals surface area contributed by atoms with Gasteiger partial charge in [-0.3, -0.25) is 0 Å². The topological polar surface area (TPSA) is 69.9 Å². The summed E-state index contributed by atoms with van der Waals surface area (Å²) < 4.78 is 3.67. The van der Waals surface area contributed by atoms with E-state index in [9.17, 15) is 10.2 Å². The van der Waals surface area contributed by atoms with Gasteiger partial charge in [0.2, 0.25) is 0 Å². The van der Waals surface area contributed by atoms with Crippen molar-refractivity contribution in [1.29, 1.82) is 0 Å². The van der Waals surface area contributed by atoms with Crippen molar-refractivity contribution in [2.45, 2.75) is 5.44 Å². The first kappa shape index (κ1) is 9.34. The number of hydrogen-bond acceptors (Lipinski definition) is 5. The molecule has 5 heteroatoms. The summed E-state index contributed by atoms with van der Waals surface area (Å²) in [4.78, 5) is 0. The van der Waals surface area contributed by atoms with Crippen molar-refractivity contribution in [2.75, 3.05) is 0 Å². The smallest absolute Gasteiger partial charge is 0.157 e. The lowest BCUT2D eigenvalue weighted by atomic mass is 10.2. The lowest BCUT2D eigenvalue weighted by Gasteiger charge is -2.08. The fraction of sp³-hybridized carbons (Fsp3) is 0.143. The van der Waals surface area contributed by atoms with Gasteiger partial charge in [-0.2, -0.15) is 4.33 Å². The highest BCUT2D eigenvalue weighted by atomic mass is 32.2. The number of aliphatic hydroxyl groups is 1. The van der Waals surface area contributed by atoms with Gasteiger partial charge in [-0.1, -0.05) is 18.2 Å². The van der Waals surface area contributed by atoms with E-state index in [1.54, 1.807) is 12.1 Å². The summed E-state index contributed by atoms with van der Waals surface area (Å²) in [6, 6.07) is 6.27. The van der Waals surface area contributed by atoms with Crippen LogP contribution in [0.4, 0.5) is 0 Å². The Morgan fingerprint density at radius 2 is 2.00 bits per heavy atom. The molecule has 0 aliphatic heterocycles. The lowest BCUT2D eigenvalue weighted by Crippen LogP contribution is -1.92. The summed E-state index contributed by atoms with van der Waals surface area (Å²) in [5.74, 6) is -0.0328. The van der Waals surface area contributed by atoms with E-state index in [1.807, 2.05) is 0 Å². The summed E-state index contributed by atoms with van der Waals surface area (Å²) in [7, 11) is 0. The molecule has 1 aromatic carbocycles. The minimum absolute atomic E-state index is 0.0328. The van der Waals surface area contributed by atoms with Crippen LogP contribution in [0.3, 0.4) is 0 Å². The van der Waals surface area contributed by atoms with Crippen LogP contribution in [-0.4, -0.2) is 15.5 Å². The summed E-state index contributed by atoms with van der Waals surface area (Å²) in [6.45, 7) is 0. The maximum Gasteiger partial charge on any atom is 0.157 e. The number of aromatic hydroxyl groups is 1. The molecule has 0 radical (unpaired) electrons. The first-order chi connectivity index (χ1) is 5.75. The van der Waals surface area contributed by atoms with Crippen LogP contribution in [0, 0.1) is 0 Å². The molecule has 1 rings (SSSR count). The molecule has 0 aromatic heterocycles. The summed E-state index contributed by atoms with van der Waals surface area (Å²) in [6.07, 6.45) is 0. The van der Waals surface area contributed by atoms with Crippen molar-refractivity contribution in [3.63, 3.8) is 0 Å². The molecule has 0 bridgehead atoms. The number of para-hydroxylation sites is 1. The van der Waals surface area contributed by atoms with Crippen molar-refractivity contribution in [1.82, 2.24) is 0 Å². The Bertz CT molecular complexity index is 253. The second kappa shape index (κ2) is 4.32. The molecule has 0 aliphatic rings. The zero-order valence-corrected chi connectivity index (χ0v) is 6.86. The predicted octanol–water partition coefficient (Wildman–Crippen LogP) is 1.52. The molecule has 0 saturated heterocycles. The number of aliphatic hydroxyl groups excluding tert-OH is 1. The molecular formula is C7H8O4S. The van der Waals surface area contributed by atoms with Crippen molar-refractivity contribution in [2.24, 2.45) is 0 Å². The average Bonchev–Trinajstić information content (AvgIpc) is 2.05. The predicted molar refractivity (Wildman–Crippen MR) is 44.4 cm³/mol. The van der Waals surface area contributed by atoms with Gasteiger partial charge in [0.25, 0.3) is 0 Å². The van der Waals surface area contributed by atoms with Gasteiger partial charge in [-0.05, 0) is 6.07 Å². The van der Waals surface area contributed by atoms with Crippen LogP contribution in [-0.2, 0) is 4.33 Å². The molecule has 4 nitrogen and oxygen atoms in total. The van der Waals surface area contributed by atoms with E-state index in [1.165, 1.54) is 12.1 Å². The number of benzene rings is 1. The minimum Gasteiger partial charge on any atom is -0.508 e. The molecule has 0 spiro atoms. The zero-order valence-electron chi connectivity index (χ0n) is 6.04. The molecule has 1 unspecified atom stereocenters. The molecule has 0 aliphatic carbocycles. The number of hydrogen-bond donors (Lipinski definition) is 3. The van der Waals surface area contributed by atoms with Crippen LogP contribution in [0.15, 0.2) is 24.3 Å². The highest BCUT2D eigenvalue weighted by Crippen LogP contribution is 2.31. The molecule has 0 fully saturated rings. The third kappa shape index (κ3) is 2.12. The zero-order chi connectivity index (χ0) is 8.97. The van der Waals surface area contributed by atoms with Crippen molar-refractivity contribution in [3.8, 4) is 5.75 Å². The van der Waals surface area contributed by atoms with Gasteiger partial charge in [0.05, 0.1) is 12.0 Å². The van der Waals surface area contributed by atoms with Gasteiger partial charge in [-0.15, -0.1) is 0 Å². The quantitative estimate of drug-likeness (QED) is 0.290. The SMILES string of the molecule is OOSC(O)c1ccccc1O. The van der Waals surface area contributed by atoms with Crippen LogP contribution in [0.25, 0.3) is 0 Å². The monoisotopic (exact) mass is 188 g/mol. The standard InChI is InChI=1S/C7H8O4S/c8-6-4-2-1-3-5(6)7(9)12-11-10/h1-4,7-10H. The van der Waals surface area contributed by atoms with Crippen molar-refractivity contribution in [3.05, 3.63) is 29.8 Å². The molecule has 0 saturated carbocycles. The first-order valence-corrected chi connectivity index (χ1v) is 3.99. The molecule has 3 N–H and O–H groups in total. The third-order valence-electron chi connectivity index (χ3n) is 1.34. The number of phenolic OH excluding ortho intramolecular Hbond substituents is 1. The molecular weight excluding hydrogens is 180 g/mol. The van der Waals surface area contributed by atoms with Crippen LogP contribution in [0.2, 0.25) is 0 Å². The van der Waals surface area contributed by atoms with Gasteiger partial charge in [0, 0.05) is 5.56 Å². The van der Waals surface area contributed by atoms with E-state index in [2.05, 4.69) is 4.33 Å². The summed E-state index contributed by atoms with van der Waals surface area (Å²) >= 11 is 0.450. The summed E-state index contributed by atoms with van der Waals surface area (Å²) in [5.41, 5.74) is -0.784. The Morgan fingerprint density at radius 3 is 2.58 bits per heavy atom. The number of rotatable bonds is 3. The molecule has 66 valence electrons. The molecule has 0 heterocycles. The minimum atomic E-state index is -1.09. The van der Waals surface area contributed by atoms with E-state index in [-0.39, 0.29) is 5.75 Å². The fourth-order valence-corrected chi connectivity index (χ4v) is 1.17. The Balaban J connectivity index is 2.79. The Labute approximate surface area is 73.6 Å². The molecule has 1 atom stereocenters. The lowest BCUT2D eigenvalue weighted by molar-refractivity contribution is -0.119. The highest BCUT2D eigenvalue weighted by Gasteiger charge is 2.12. The van der Waals surface area contributed by atoms with Gasteiger partial charge in [0.15, 0.2) is 5.44 Å². The van der Waals surface area contributed by atoms with E-state index >= 15 is 0 Å². The molecule has 1 aromatic rings. The second-order valence-corrected chi connectivity index (χ2v) is 2.87. The van der Waals surface area contributed by atoms with Crippen LogP contribution >= 0.6 is 12.0 Å². The maximum atomic E-state index is 9.22. The Kier molecular flexibility index (Phi) is 3.36. The number of phenols is 1. The van der Waals surface area contributed by atoms with Crippen molar-refractivity contribution >= 4 is 12.0 Å². The van der Waals surface area contributed by atoms with Gasteiger partial charge >= 0.3 is 0 Å². The molecule has 0 amide bonds. The summed E-state index contributed by atoms with van der Waals surface area (Å²) in [5, 5.41) is 26.4. The fourth-order valence-electron chi connectivity index (χ4n) is 0.789. The van der Waals surface area contributed by atoms with Gasteiger partial charge < -0.3 is 10.2 Å². The average molecular weight is 188 g/mol. The van der Waals surface area contributed by atoms with Crippen LogP contribution in [0.1, 0.15) is 11.0 Å². The van der Waals surface area contributed by atoms with E-state index in [4.69, 9.17) is 5.26 Å². The van der Waals surface area contributed by atoms with E-state index in [0.29, 0.717) is 17.6 Å². The first-order valence-electron chi connectivity index (χ1n) is 3.18. The van der Waals surface area contributed by atoms with Gasteiger partial charge in [0.1, 0.15) is 5.75 Å². The highest BCUT2D eigenvalue weighted by molar-refractivity contribution is 7.94. The largest absolute Gasteiger partial charge is 0.508 e. The maximum absolute atomic E-state index is 9.22. The van der Waals surface area contributed by atoms with Gasteiger partial charge in [-0.25, -0.2) is 5.26 Å². The second-order valence-electron chi connectivity index (χ2n) is 2.08. The Morgan fingerprint density at radius 1 is 1.33 bits per heavy atom. The van der Waals surface area contributed by atoms with Crippen LogP contribution < -0.4 is 0 Å².